The summed E-state index contributed by atoms with van der Waals surface area (Å²) >= 11 is 0. The highest BCUT2D eigenvalue weighted by molar-refractivity contribution is 5.99. The second-order valence-electron chi connectivity index (χ2n) is 12.2. The van der Waals surface area contributed by atoms with Gasteiger partial charge in [-0.3, -0.25) is 9.59 Å². The molecule has 12 heteroatoms. The first-order chi connectivity index (χ1) is 19.8. The molecule has 42 heavy (non-hydrogen) atoms. The van der Waals surface area contributed by atoms with Crippen LogP contribution in [0.15, 0.2) is 36.5 Å². The number of hydrogen-bond donors (Lipinski definition) is 2. The van der Waals surface area contributed by atoms with E-state index in [0.717, 1.165) is 17.7 Å². The fourth-order valence-corrected chi connectivity index (χ4v) is 6.31. The van der Waals surface area contributed by atoms with E-state index in [-0.39, 0.29) is 43.8 Å². The number of aliphatic hydroxyl groups excluding tert-OH is 1. The van der Waals surface area contributed by atoms with Crippen molar-refractivity contribution in [2.75, 3.05) is 32.8 Å². The lowest BCUT2D eigenvalue weighted by molar-refractivity contribution is -0.256. The third kappa shape index (κ3) is 5.83. The first-order valence-corrected chi connectivity index (χ1v) is 14.3. The van der Waals surface area contributed by atoms with E-state index >= 15 is 4.39 Å². The summed E-state index contributed by atoms with van der Waals surface area (Å²) in [5, 5.41) is 10.0. The maximum Gasteiger partial charge on any atom is 0.395 e. The van der Waals surface area contributed by atoms with Gasteiger partial charge in [0, 0.05) is 37.3 Å². The predicted octanol–water partition coefficient (Wildman–Crippen LogP) is 4.16. The molecule has 0 bridgehead atoms. The Balaban J connectivity index is 1.14. The number of benzene rings is 1. The highest BCUT2D eigenvalue weighted by atomic mass is 19.4. The molecular formula is C30H36F4N4O4. The Morgan fingerprint density at radius 3 is 2.38 bits per heavy atom. The van der Waals surface area contributed by atoms with Crippen molar-refractivity contribution in [2.24, 2.45) is 17.1 Å². The Hall–Kier alpha value is -3.25. The Kier molecular flexibility index (Phi) is 8.23. The summed E-state index contributed by atoms with van der Waals surface area (Å²) in [6, 6.07) is 7.49. The number of pyridine rings is 1. The molecule has 0 radical (unpaired) electrons. The topological polar surface area (TPSA) is 109 Å². The molecule has 1 aliphatic carbocycles. The second-order valence-corrected chi connectivity index (χ2v) is 12.2. The number of ether oxygens (including phenoxy) is 1. The lowest BCUT2D eigenvalue weighted by atomic mass is 9.67. The van der Waals surface area contributed by atoms with Gasteiger partial charge >= 0.3 is 6.18 Å². The van der Waals surface area contributed by atoms with Gasteiger partial charge in [-0.15, -0.1) is 0 Å². The average Bonchev–Trinajstić information content (AvgIpc) is 3.24. The summed E-state index contributed by atoms with van der Waals surface area (Å²) in [5.74, 6) is -1.68. The lowest BCUT2D eigenvalue weighted by Crippen LogP contribution is -2.54. The number of carbonyl (C=O) groups excluding carboxylic acids is 2. The first-order valence-electron chi connectivity index (χ1n) is 14.3. The van der Waals surface area contributed by atoms with Crippen molar-refractivity contribution in [2.45, 2.75) is 63.3 Å². The molecule has 3 N–H and O–H groups in total. The molecule has 3 aliphatic rings. The van der Waals surface area contributed by atoms with E-state index in [9.17, 15) is 27.9 Å². The van der Waals surface area contributed by atoms with E-state index < -0.39 is 40.9 Å². The molecule has 2 aliphatic heterocycles. The zero-order valence-electron chi connectivity index (χ0n) is 23.5. The van der Waals surface area contributed by atoms with E-state index in [4.69, 9.17) is 10.5 Å². The number of aliphatic hydroxyl groups is 1. The molecule has 3 heterocycles. The van der Waals surface area contributed by atoms with E-state index in [1.165, 1.54) is 25.3 Å². The van der Waals surface area contributed by atoms with Gasteiger partial charge < -0.3 is 25.4 Å². The van der Waals surface area contributed by atoms with Crippen LogP contribution in [0.25, 0.3) is 11.1 Å². The van der Waals surface area contributed by atoms with Gasteiger partial charge in [0.2, 0.25) is 11.8 Å². The van der Waals surface area contributed by atoms with Crippen molar-refractivity contribution in [1.29, 1.82) is 0 Å². The van der Waals surface area contributed by atoms with Gasteiger partial charge in [-0.2, -0.15) is 13.2 Å². The second kappa shape index (κ2) is 11.4. The quantitative estimate of drug-likeness (QED) is 0.446. The van der Waals surface area contributed by atoms with Crippen molar-refractivity contribution in [3.8, 4) is 17.0 Å². The highest BCUT2D eigenvalue weighted by Crippen LogP contribution is 2.53. The van der Waals surface area contributed by atoms with Crippen LogP contribution in [0, 0.1) is 17.2 Å². The van der Waals surface area contributed by atoms with Crippen LogP contribution in [0.3, 0.4) is 0 Å². The van der Waals surface area contributed by atoms with E-state index in [1.54, 1.807) is 18.2 Å². The number of amides is 2. The molecule has 2 atom stereocenters. The van der Waals surface area contributed by atoms with Gasteiger partial charge in [-0.05, 0) is 75.4 Å². The minimum Gasteiger partial charge on any atom is -0.477 e. The van der Waals surface area contributed by atoms with Gasteiger partial charge in [-0.25, -0.2) is 9.37 Å². The maximum absolute atomic E-state index is 15.1. The summed E-state index contributed by atoms with van der Waals surface area (Å²) < 4.78 is 61.4. The highest BCUT2D eigenvalue weighted by Gasteiger charge is 2.58. The van der Waals surface area contributed by atoms with Crippen LogP contribution in [-0.4, -0.2) is 82.3 Å². The predicted molar refractivity (Wildman–Crippen MR) is 146 cm³/mol. The number of halogens is 4. The molecule has 1 aromatic heterocycles. The maximum atomic E-state index is 15.1. The number of carbonyl (C=O) groups is 2. The minimum absolute atomic E-state index is 0.0182. The van der Waals surface area contributed by atoms with Gasteiger partial charge in [0.15, 0.2) is 0 Å². The number of hydrogen-bond acceptors (Lipinski definition) is 6. The summed E-state index contributed by atoms with van der Waals surface area (Å²) in [5.41, 5.74) is 3.37. The number of β-amino-alcohol motifs (C(OH)–C–C–N with tert-alkyl or cyclic N) is 1. The van der Waals surface area contributed by atoms with Gasteiger partial charge in [0.25, 0.3) is 5.91 Å². The molecule has 0 spiro atoms. The summed E-state index contributed by atoms with van der Waals surface area (Å²) in [6.45, 7) is 3.05. The third-order valence-corrected chi connectivity index (χ3v) is 9.28. The van der Waals surface area contributed by atoms with Crippen molar-refractivity contribution in [3.05, 3.63) is 47.9 Å². The number of primary amides is 1. The number of rotatable bonds is 8. The largest absolute Gasteiger partial charge is 0.477 e. The molecule has 2 aromatic rings. The molecular weight excluding hydrogens is 556 g/mol. The number of aromatic nitrogens is 1. The summed E-state index contributed by atoms with van der Waals surface area (Å²) in [7, 11) is 0. The SMILES string of the molecule is C[C@@]1(C(N)=O)C[C@@H](O)CN1C(=O)c1ccc(-c2ccc(OCC3CCN(CC4(C(F)(F)F)CCC4)CC3)nc2)cc1F. The van der Waals surface area contributed by atoms with Crippen LogP contribution >= 0.6 is 0 Å². The van der Waals surface area contributed by atoms with Crippen LogP contribution in [0.2, 0.25) is 0 Å². The molecule has 1 aromatic carbocycles. The summed E-state index contributed by atoms with van der Waals surface area (Å²) in [6.07, 6.45) is -0.988. The van der Waals surface area contributed by atoms with Crippen LogP contribution in [0.1, 0.15) is 55.8 Å². The molecule has 2 saturated heterocycles. The molecule has 0 unspecified atom stereocenters. The average molecular weight is 593 g/mol. The molecule has 3 fully saturated rings. The smallest absolute Gasteiger partial charge is 0.395 e. The number of nitrogens with zero attached hydrogens (tertiary/aromatic N) is 3. The number of likely N-dealkylation sites (tertiary alicyclic amines) is 2. The monoisotopic (exact) mass is 592 g/mol. The molecule has 5 rings (SSSR count). The first kappa shape index (κ1) is 30.2. The number of alkyl halides is 3. The lowest BCUT2D eigenvalue weighted by Gasteiger charge is -2.47. The Labute approximate surface area is 241 Å². The fraction of sp³-hybridized carbons (Fsp3) is 0.567. The van der Waals surface area contributed by atoms with Crippen LogP contribution in [-0.2, 0) is 4.79 Å². The number of piperidine rings is 1. The fourth-order valence-electron chi connectivity index (χ4n) is 6.31. The van der Waals surface area contributed by atoms with Crippen LogP contribution in [0.5, 0.6) is 5.88 Å². The Bertz CT molecular complexity index is 1310. The van der Waals surface area contributed by atoms with Crippen molar-refractivity contribution < 1.29 is 37.0 Å². The Morgan fingerprint density at radius 1 is 1.14 bits per heavy atom. The van der Waals surface area contributed by atoms with Crippen LogP contribution < -0.4 is 10.5 Å². The van der Waals surface area contributed by atoms with Crippen molar-refractivity contribution >= 4 is 11.8 Å². The van der Waals surface area contributed by atoms with E-state index in [2.05, 4.69) is 4.98 Å². The van der Waals surface area contributed by atoms with E-state index in [1.807, 2.05) is 4.90 Å². The molecule has 228 valence electrons. The van der Waals surface area contributed by atoms with Crippen molar-refractivity contribution in [3.63, 3.8) is 0 Å². The minimum atomic E-state index is -4.15. The van der Waals surface area contributed by atoms with Gasteiger partial charge in [0.05, 0.1) is 23.7 Å². The van der Waals surface area contributed by atoms with Gasteiger partial charge in [0.1, 0.15) is 11.4 Å². The van der Waals surface area contributed by atoms with Gasteiger partial charge in [-0.1, -0.05) is 12.5 Å². The Morgan fingerprint density at radius 2 is 1.83 bits per heavy atom. The van der Waals surface area contributed by atoms with Crippen molar-refractivity contribution in [1.82, 2.24) is 14.8 Å². The zero-order valence-corrected chi connectivity index (χ0v) is 23.5. The van der Waals surface area contributed by atoms with Crippen LogP contribution in [0.4, 0.5) is 17.6 Å². The summed E-state index contributed by atoms with van der Waals surface area (Å²) in [4.78, 5) is 32.4. The molecule has 8 nitrogen and oxygen atoms in total. The molecule has 2 amide bonds. The standard InChI is InChI=1S/C30H36F4N4O4/c1-28(27(35)41)14-22(39)16-38(28)26(40)23-5-3-20(13-24(23)31)21-4-6-25(36-15-21)42-17-19-7-11-37(12-8-19)18-29(9-2-10-29)30(32,33)34/h3-6,13,15,19,22,39H,2,7-12,14,16-18H2,1H3,(H2,35,41)/t22-,28+/m1/s1. The third-order valence-electron chi connectivity index (χ3n) is 9.28. The van der Waals surface area contributed by atoms with E-state index in [0.29, 0.717) is 43.1 Å². The zero-order chi connectivity index (χ0) is 30.3. The normalized spacial score (nSPS) is 24.8. The number of nitrogens with two attached hydrogens (primary N) is 1. The molecule has 1 saturated carbocycles.